The van der Waals surface area contributed by atoms with E-state index in [0.29, 0.717) is 0 Å². The van der Waals surface area contributed by atoms with Crippen LogP contribution in [0.25, 0.3) is 0 Å². The topological polar surface area (TPSA) is 15.6 Å². The average molecular weight is 301 g/mol. The highest BCUT2D eigenvalue weighted by Crippen LogP contribution is 2.22. The van der Waals surface area contributed by atoms with Gasteiger partial charge in [-0.1, -0.05) is 29.8 Å². The van der Waals surface area contributed by atoms with Crippen molar-refractivity contribution in [1.29, 1.82) is 0 Å². The van der Waals surface area contributed by atoms with Gasteiger partial charge in [0.2, 0.25) is 0 Å². The van der Waals surface area contributed by atoms with E-state index < -0.39 is 0 Å². The molecule has 2 aromatic carbocycles. The zero-order valence-corrected chi connectivity index (χ0v) is 13.6. The van der Waals surface area contributed by atoms with Gasteiger partial charge in [-0.15, -0.1) is 0 Å². The molecule has 0 aliphatic rings. The summed E-state index contributed by atoms with van der Waals surface area (Å²) in [4.78, 5) is 6.79. The van der Waals surface area contributed by atoms with Gasteiger partial charge in [0.1, 0.15) is 0 Å². The van der Waals surface area contributed by atoms with E-state index in [1.807, 2.05) is 31.3 Å². The van der Waals surface area contributed by atoms with Gasteiger partial charge in [-0.05, 0) is 56.2 Å². The molecule has 2 aromatic rings. The number of anilines is 1. The maximum Gasteiger partial charge on any atom is 0.0644 e. The SMILES string of the molecule is CCN(CC)c1ccc(C=Nc2ccc(C)c(Cl)c2)cc1. The molecule has 0 saturated heterocycles. The first-order valence-electron chi connectivity index (χ1n) is 7.29. The summed E-state index contributed by atoms with van der Waals surface area (Å²) in [7, 11) is 0. The van der Waals surface area contributed by atoms with Crippen LogP contribution < -0.4 is 4.90 Å². The second-order valence-corrected chi connectivity index (χ2v) is 5.36. The summed E-state index contributed by atoms with van der Waals surface area (Å²) in [5, 5.41) is 0.751. The highest BCUT2D eigenvalue weighted by Gasteiger charge is 2.00. The fourth-order valence-corrected chi connectivity index (χ4v) is 2.35. The summed E-state index contributed by atoms with van der Waals surface area (Å²) < 4.78 is 0. The Hall–Kier alpha value is -1.80. The van der Waals surface area contributed by atoms with Crippen LogP contribution in [-0.4, -0.2) is 19.3 Å². The molecule has 0 atom stereocenters. The van der Waals surface area contributed by atoms with Gasteiger partial charge < -0.3 is 4.90 Å². The third-order valence-electron chi connectivity index (χ3n) is 3.54. The molecule has 0 aliphatic carbocycles. The van der Waals surface area contributed by atoms with Crippen LogP contribution in [0.2, 0.25) is 5.02 Å². The van der Waals surface area contributed by atoms with Gasteiger partial charge in [-0.3, -0.25) is 4.99 Å². The highest BCUT2D eigenvalue weighted by atomic mass is 35.5. The third kappa shape index (κ3) is 4.08. The summed E-state index contributed by atoms with van der Waals surface area (Å²) in [6, 6.07) is 14.3. The summed E-state index contributed by atoms with van der Waals surface area (Å²) in [6.07, 6.45) is 1.87. The standard InChI is InChI=1S/C18H21ClN2/c1-4-21(5-2)17-10-7-15(8-11-17)13-20-16-9-6-14(3)18(19)12-16/h6-13H,4-5H2,1-3H3. The van der Waals surface area contributed by atoms with E-state index in [1.165, 1.54) is 5.69 Å². The fraction of sp³-hybridized carbons (Fsp3) is 0.278. The Morgan fingerprint density at radius 1 is 1.05 bits per heavy atom. The van der Waals surface area contributed by atoms with Gasteiger partial charge in [-0.25, -0.2) is 0 Å². The number of aliphatic imine (C=N–C) groups is 1. The molecule has 0 unspecified atom stereocenters. The smallest absolute Gasteiger partial charge is 0.0644 e. The quantitative estimate of drug-likeness (QED) is 0.689. The fourth-order valence-electron chi connectivity index (χ4n) is 2.17. The second-order valence-electron chi connectivity index (χ2n) is 4.96. The molecule has 0 aromatic heterocycles. The number of nitrogens with zero attached hydrogens (tertiary/aromatic N) is 2. The van der Waals surface area contributed by atoms with Crippen molar-refractivity contribution < 1.29 is 0 Å². The summed E-state index contributed by atoms with van der Waals surface area (Å²) in [5.74, 6) is 0. The van der Waals surface area contributed by atoms with Crippen molar-refractivity contribution in [2.24, 2.45) is 4.99 Å². The molecule has 2 nitrogen and oxygen atoms in total. The summed E-state index contributed by atoms with van der Waals surface area (Å²) in [5.41, 5.74) is 4.27. The number of hydrogen-bond donors (Lipinski definition) is 0. The van der Waals surface area contributed by atoms with Crippen molar-refractivity contribution in [3.8, 4) is 0 Å². The minimum Gasteiger partial charge on any atom is -0.372 e. The Morgan fingerprint density at radius 3 is 2.29 bits per heavy atom. The molecule has 110 valence electrons. The Kier molecular flexibility index (Phi) is 5.40. The lowest BCUT2D eigenvalue weighted by Crippen LogP contribution is -2.21. The predicted molar refractivity (Wildman–Crippen MR) is 93.4 cm³/mol. The highest BCUT2D eigenvalue weighted by molar-refractivity contribution is 6.31. The maximum atomic E-state index is 6.10. The van der Waals surface area contributed by atoms with E-state index in [9.17, 15) is 0 Å². The largest absolute Gasteiger partial charge is 0.372 e. The number of aryl methyl sites for hydroxylation is 1. The zero-order valence-electron chi connectivity index (χ0n) is 12.8. The first-order chi connectivity index (χ1) is 10.1. The van der Waals surface area contributed by atoms with Crippen LogP contribution in [0.1, 0.15) is 25.0 Å². The van der Waals surface area contributed by atoms with E-state index in [2.05, 4.69) is 48.0 Å². The zero-order chi connectivity index (χ0) is 15.2. The molecule has 0 saturated carbocycles. The van der Waals surface area contributed by atoms with Crippen molar-refractivity contribution in [2.75, 3.05) is 18.0 Å². The monoisotopic (exact) mass is 300 g/mol. The molecule has 21 heavy (non-hydrogen) atoms. The Morgan fingerprint density at radius 2 is 1.71 bits per heavy atom. The van der Waals surface area contributed by atoms with E-state index in [1.54, 1.807) is 0 Å². The molecule has 0 radical (unpaired) electrons. The van der Waals surface area contributed by atoms with Crippen molar-refractivity contribution in [2.45, 2.75) is 20.8 Å². The molecule has 0 heterocycles. The second kappa shape index (κ2) is 7.28. The van der Waals surface area contributed by atoms with Crippen LogP contribution in [0.3, 0.4) is 0 Å². The summed E-state index contributed by atoms with van der Waals surface area (Å²) >= 11 is 6.10. The van der Waals surface area contributed by atoms with Gasteiger partial charge in [0.15, 0.2) is 0 Å². The molecule has 0 spiro atoms. The molecule has 0 aliphatic heterocycles. The lowest BCUT2D eigenvalue weighted by Gasteiger charge is -2.20. The molecular weight excluding hydrogens is 280 g/mol. The normalized spacial score (nSPS) is 11.0. The molecule has 3 heteroatoms. The van der Waals surface area contributed by atoms with Gasteiger partial charge >= 0.3 is 0 Å². The Bertz CT molecular complexity index is 614. The van der Waals surface area contributed by atoms with Gasteiger partial charge in [0.05, 0.1) is 5.69 Å². The van der Waals surface area contributed by atoms with Crippen molar-refractivity contribution in [3.63, 3.8) is 0 Å². The lowest BCUT2D eigenvalue weighted by atomic mass is 10.2. The van der Waals surface area contributed by atoms with Crippen LogP contribution in [0.5, 0.6) is 0 Å². The molecule has 0 fully saturated rings. The van der Waals surface area contributed by atoms with E-state index >= 15 is 0 Å². The van der Waals surface area contributed by atoms with Gasteiger partial charge in [-0.2, -0.15) is 0 Å². The Balaban J connectivity index is 2.12. The van der Waals surface area contributed by atoms with Crippen molar-refractivity contribution >= 4 is 29.2 Å². The first kappa shape index (κ1) is 15.6. The van der Waals surface area contributed by atoms with Gasteiger partial charge in [0, 0.05) is 30.0 Å². The minimum absolute atomic E-state index is 0.751. The predicted octanol–water partition coefficient (Wildman–Crippen LogP) is 5.25. The van der Waals surface area contributed by atoms with Crippen LogP contribution >= 0.6 is 11.6 Å². The Labute approximate surface area is 132 Å². The van der Waals surface area contributed by atoms with Crippen molar-refractivity contribution in [3.05, 3.63) is 58.6 Å². The summed E-state index contributed by atoms with van der Waals surface area (Å²) in [6.45, 7) is 8.36. The number of hydrogen-bond acceptors (Lipinski definition) is 2. The van der Waals surface area contributed by atoms with E-state index in [-0.39, 0.29) is 0 Å². The van der Waals surface area contributed by atoms with E-state index in [0.717, 1.165) is 34.9 Å². The number of rotatable bonds is 5. The van der Waals surface area contributed by atoms with Gasteiger partial charge in [0.25, 0.3) is 0 Å². The maximum absolute atomic E-state index is 6.10. The molecule has 0 N–H and O–H groups in total. The molecular formula is C18H21ClN2. The number of halogens is 1. The first-order valence-corrected chi connectivity index (χ1v) is 7.67. The van der Waals surface area contributed by atoms with Crippen LogP contribution in [0.15, 0.2) is 47.5 Å². The average Bonchev–Trinajstić information content (AvgIpc) is 2.51. The third-order valence-corrected chi connectivity index (χ3v) is 3.95. The molecule has 0 amide bonds. The van der Waals surface area contributed by atoms with Crippen LogP contribution in [0.4, 0.5) is 11.4 Å². The minimum atomic E-state index is 0.751. The lowest BCUT2D eigenvalue weighted by molar-refractivity contribution is 0.866. The molecule has 2 rings (SSSR count). The molecule has 0 bridgehead atoms. The van der Waals surface area contributed by atoms with E-state index in [4.69, 9.17) is 11.6 Å². The number of benzene rings is 2. The van der Waals surface area contributed by atoms with Crippen LogP contribution in [0, 0.1) is 6.92 Å². The van der Waals surface area contributed by atoms with Crippen molar-refractivity contribution in [1.82, 2.24) is 0 Å². The van der Waals surface area contributed by atoms with Crippen LogP contribution in [-0.2, 0) is 0 Å².